The second-order valence-corrected chi connectivity index (χ2v) is 11.1. The summed E-state index contributed by atoms with van der Waals surface area (Å²) >= 11 is 0. The van der Waals surface area contributed by atoms with Gasteiger partial charge in [0.2, 0.25) is 11.8 Å². The Kier molecular flexibility index (Phi) is 8.82. The van der Waals surface area contributed by atoms with Crippen molar-refractivity contribution in [1.29, 1.82) is 0 Å². The Labute approximate surface area is 225 Å². The van der Waals surface area contributed by atoms with Crippen LogP contribution in [0.5, 0.6) is 0 Å². The minimum atomic E-state index is -5.23. The van der Waals surface area contributed by atoms with E-state index in [1.54, 1.807) is 5.32 Å². The van der Waals surface area contributed by atoms with Crippen LogP contribution in [0.15, 0.2) is 0 Å². The molecule has 3 unspecified atom stereocenters. The maximum Gasteiger partial charge on any atom is 0.522 e. The van der Waals surface area contributed by atoms with Gasteiger partial charge in [0.25, 0.3) is 0 Å². The normalized spacial score (nSPS) is 28.1. The van der Waals surface area contributed by atoms with Crippen molar-refractivity contribution < 1.29 is 55.1 Å². The first-order valence-corrected chi connectivity index (χ1v) is 12.9. The van der Waals surface area contributed by atoms with Gasteiger partial charge in [-0.15, -0.1) is 13.2 Å². The second kappa shape index (κ2) is 11.2. The van der Waals surface area contributed by atoms with E-state index in [1.165, 1.54) is 0 Å². The average Bonchev–Trinajstić information content (AvgIpc) is 3.40. The Morgan fingerprint density at radius 1 is 1.10 bits per heavy atom. The molecule has 1 saturated carbocycles. The lowest BCUT2D eigenvalue weighted by atomic mass is 9.71. The first-order valence-electron chi connectivity index (χ1n) is 12.9. The first kappa shape index (κ1) is 31.6. The van der Waals surface area contributed by atoms with Gasteiger partial charge in [-0.1, -0.05) is 12.8 Å². The maximum absolute atomic E-state index is 13.6. The highest BCUT2D eigenvalue weighted by Crippen LogP contribution is 2.50. The van der Waals surface area contributed by atoms with Crippen LogP contribution in [-0.2, 0) is 28.7 Å². The van der Waals surface area contributed by atoms with Crippen LogP contribution >= 0.6 is 0 Å². The van der Waals surface area contributed by atoms with Gasteiger partial charge >= 0.3 is 24.4 Å². The van der Waals surface area contributed by atoms with Crippen molar-refractivity contribution in [1.82, 2.24) is 15.5 Å². The van der Waals surface area contributed by atoms with Crippen molar-refractivity contribution in [3.8, 4) is 0 Å². The molecule has 0 aromatic rings. The minimum Gasteiger partial charge on any atom is -0.368 e. The summed E-state index contributed by atoms with van der Waals surface area (Å²) in [6.45, 7) is -0.142. The maximum atomic E-state index is 13.6. The molecule has 5 atom stereocenters. The Bertz CT molecular complexity index is 1050. The van der Waals surface area contributed by atoms with Gasteiger partial charge in [0.05, 0.1) is 5.92 Å². The predicted molar refractivity (Wildman–Crippen MR) is 124 cm³/mol. The van der Waals surface area contributed by atoms with Crippen molar-refractivity contribution in [2.24, 2.45) is 23.5 Å². The number of nitrogens with two attached hydrogens (primary N) is 1. The van der Waals surface area contributed by atoms with E-state index < -0.39 is 89.9 Å². The molecule has 2 aliphatic heterocycles. The van der Waals surface area contributed by atoms with E-state index in [2.05, 4.69) is 10.1 Å². The number of fused-ring (bicyclic) bond motifs is 1. The number of rotatable bonds is 8. The van der Waals surface area contributed by atoms with Crippen LogP contribution < -0.4 is 16.4 Å². The third kappa shape index (κ3) is 6.20. The number of halogens is 6. The highest BCUT2D eigenvalue weighted by molar-refractivity contribution is 6.36. The average molecular weight is 587 g/mol. The molecule has 1 aliphatic carbocycles. The Hall–Kier alpha value is -2.91. The first-order chi connectivity index (χ1) is 18.3. The molecule has 3 aliphatic rings. The zero-order valence-electron chi connectivity index (χ0n) is 21.9. The highest BCUT2D eigenvalue weighted by atomic mass is 19.4. The van der Waals surface area contributed by atoms with E-state index in [0.29, 0.717) is 38.0 Å². The molecule has 10 nitrogen and oxygen atoms in total. The van der Waals surface area contributed by atoms with Gasteiger partial charge in [0.15, 0.2) is 5.78 Å². The standard InChI is InChI=1S/C24H32F6N4O6/c1-21(2,23(25,26)27)33-18(37)19(38)34-15-6-4-3-5-13(15)10-22(34,20(31)39)14(9-12-7-8-32-17(12)36)16(35)11-40-24(28,29)30/h12-15H,3-11H2,1-2H3,(H2,31,39)(H,32,36)(H,33,37)/t12-,13?,14-,15?,22?/m1/s1. The molecule has 4 amide bonds. The fraction of sp³-hybridized carbons (Fsp3) is 0.792. The van der Waals surface area contributed by atoms with Gasteiger partial charge in [-0.05, 0) is 51.9 Å². The molecule has 0 aromatic carbocycles. The lowest BCUT2D eigenvalue weighted by Gasteiger charge is -2.44. The number of alkyl halides is 6. The Morgan fingerprint density at radius 3 is 2.25 bits per heavy atom. The third-order valence-electron chi connectivity index (χ3n) is 8.20. The molecular weight excluding hydrogens is 554 g/mol. The lowest BCUT2D eigenvalue weighted by Crippen LogP contribution is -2.67. The summed E-state index contributed by atoms with van der Waals surface area (Å²) in [5.74, 6) is -9.71. The van der Waals surface area contributed by atoms with Crippen LogP contribution in [0.3, 0.4) is 0 Å². The summed E-state index contributed by atoms with van der Waals surface area (Å²) in [7, 11) is 0. The monoisotopic (exact) mass is 586 g/mol. The van der Waals surface area contributed by atoms with Crippen molar-refractivity contribution >= 4 is 29.4 Å². The van der Waals surface area contributed by atoms with Crippen molar-refractivity contribution in [3.05, 3.63) is 0 Å². The minimum absolute atomic E-state index is 0.165. The molecule has 0 spiro atoms. The summed E-state index contributed by atoms with van der Waals surface area (Å²) in [4.78, 5) is 66.2. The fourth-order valence-electron chi connectivity index (χ4n) is 6.11. The molecule has 226 valence electrons. The molecule has 3 rings (SSSR count). The SMILES string of the molecule is CC(C)(NC(=O)C(=O)N1C2CCCCC2CC1(C(N)=O)[C@H](C[C@H]1CCNC1=O)C(=O)COC(F)(F)F)C(F)(F)F. The molecule has 4 N–H and O–H groups in total. The van der Waals surface area contributed by atoms with E-state index in [0.717, 1.165) is 0 Å². The quantitative estimate of drug-likeness (QED) is 0.292. The smallest absolute Gasteiger partial charge is 0.368 e. The Morgan fingerprint density at radius 2 is 1.73 bits per heavy atom. The van der Waals surface area contributed by atoms with Crippen molar-refractivity contribution in [3.63, 3.8) is 0 Å². The number of amides is 4. The summed E-state index contributed by atoms with van der Waals surface area (Å²) < 4.78 is 82.6. The van der Waals surface area contributed by atoms with Crippen LogP contribution in [0.1, 0.15) is 58.8 Å². The van der Waals surface area contributed by atoms with Gasteiger partial charge in [0, 0.05) is 18.5 Å². The van der Waals surface area contributed by atoms with Crippen LogP contribution in [0.4, 0.5) is 26.3 Å². The molecule has 0 aromatic heterocycles. The van der Waals surface area contributed by atoms with Gasteiger partial charge in [0.1, 0.15) is 17.7 Å². The number of ketones is 1. The van der Waals surface area contributed by atoms with Gasteiger partial charge in [-0.25, -0.2) is 0 Å². The summed E-state index contributed by atoms with van der Waals surface area (Å²) in [5.41, 5.74) is 0.535. The largest absolute Gasteiger partial charge is 0.522 e. The zero-order chi connectivity index (χ0) is 30.3. The van der Waals surface area contributed by atoms with Gasteiger partial charge in [-0.3, -0.25) is 28.7 Å². The number of ether oxygens (including phenoxy) is 1. The number of carbonyl (C=O) groups excluding carboxylic acids is 5. The molecule has 40 heavy (non-hydrogen) atoms. The van der Waals surface area contributed by atoms with Gasteiger partial charge in [-0.2, -0.15) is 13.2 Å². The lowest BCUT2D eigenvalue weighted by molar-refractivity contribution is -0.321. The number of nitrogens with zero attached hydrogens (tertiary/aromatic N) is 1. The van der Waals surface area contributed by atoms with Gasteiger partial charge < -0.3 is 21.3 Å². The third-order valence-corrected chi connectivity index (χ3v) is 8.20. The number of hydrogen-bond acceptors (Lipinski definition) is 6. The molecule has 2 saturated heterocycles. The van der Waals surface area contributed by atoms with Crippen LogP contribution in [-0.4, -0.2) is 77.1 Å². The zero-order valence-corrected chi connectivity index (χ0v) is 21.9. The van der Waals surface area contributed by atoms with E-state index in [9.17, 15) is 50.3 Å². The summed E-state index contributed by atoms with van der Waals surface area (Å²) in [6.07, 6.45) is -9.08. The number of nitrogens with one attached hydrogen (secondary N) is 2. The number of primary amides is 1. The molecule has 0 bridgehead atoms. The molecule has 2 heterocycles. The topological polar surface area (TPSA) is 148 Å². The summed E-state index contributed by atoms with van der Waals surface area (Å²) in [5, 5.41) is 4.12. The van der Waals surface area contributed by atoms with E-state index in [-0.39, 0.29) is 25.8 Å². The van der Waals surface area contributed by atoms with E-state index >= 15 is 0 Å². The fourth-order valence-corrected chi connectivity index (χ4v) is 6.11. The van der Waals surface area contributed by atoms with E-state index in [1.807, 2.05) is 0 Å². The molecule has 0 radical (unpaired) electrons. The number of Topliss-reactive ketones (excluding diaryl/α,β-unsaturated/α-hetero) is 1. The van der Waals surface area contributed by atoms with Crippen LogP contribution in [0.25, 0.3) is 0 Å². The number of carbonyl (C=O) groups is 5. The predicted octanol–water partition coefficient (Wildman–Crippen LogP) is 1.71. The van der Waals surface area contributed by atoms with Crippen LogP contribution in [0.2, 0.25) is 0 Å². The molecular formula is C24H32F6N4O6. The number of likely N-dealkylation sites (tertiary alicyclic amines) is 1. The Balaban J connectivity index is 2.11. The number of hydrogen-bond donors (Lipinski definition) is 3. The highest BCUT2D eigenvalue weighted by Gasteiger charge is 2.64. The van der Waals surface area contributed by atoms with Crippen molar-refractivity contribution in [2.75, 3.05) is 13.2 Å². The molecule has 16 heteroatoms. The van der Waals surface area contributed by atoms with E-state index in [4.69, 9.17) is 5.73 Å². The molecule has 3 fully saturated rings. The summed E-state index contributed by atoms with van der Waals surface area (Å²) in [6, 6.07) is -0.898. The van der Waals surface area contributed by atoms with Crippen molar-refractivity contribution in [2.45, 2.75) is 88.5 Å². The second-order valence-electron chi connectivity index (χ2n) is 11.1. The van der Waals surface area contributed by atoms with Crippen LogP contribution in [0, 0.1) is 17.8 Å².